The van der Waals surface area contributed by atoms with Crippen LogP contribution in [0.1, 0.15) is 41.0 Å². The van der Waals surface area contributed by atoms with Gasteiger partial charge in [0.1, 0.15) is 5.82 Å². The molecule has 1 amide bonds. The Balaban J connectivity index is 1.57. The molecule has 1 atom stereocenters. The number of pyridine rings is 1. The second-order valence-corrected chi connectivity index (χ2v) is 6.62. The SMILES string of the molecule is CNc1cnc(CC2CCCN(C(=O)c3ccc(C)nc3)CC2)cn1. The average molecular weight is 339 g/mol. The smallest absolute Gasteiger partial charge is 0.255 e. The molecule has 1 aliphatic rings. The van der Waals surface area contributed by atoms with Crippen molar-refractivity contribution in [2.75, 3.05) is 25.5 Å². The first-order valence-electron chi connectivity index (χ1n) is 8.86. The fraction of sp³-hybridized carbons (Fsp3) is 0.474. The third-order valence-corrected chi connectivity index (χ3v) is 4.75. The third kappa shape index (κ3) is 4.53. The van der Waals surface area contributed by atoms with Gasteiger partial charge in [0.15, 0.2) is 0 Å². The summed E-state index contributed by atoms with van der Waals surface area (Å²) in [5, 5.41) is 2.98. The summed E-state index contributed by atoms with van der Waals surface area (Å²) in [6, 6.07) is 3.76. The molecule has 1 unspecified atom stereocenters. The van der Waals surface area contributed by atoms with Gasteiger partial charge in [0, 0.05) is 32.0 Å². The molecule has 132 valence electrons. The molecule has 1 fully saturated rings. The van der Waals surface area contributed by atoms with Crippen LogP contribution < -0.4 is 5.32 Å². The Hall–Kier alpha value is -2.50. The topological polar surface area (TPSA) is 71.0 Å². The fourth-order valence-corrected chi connectivity index (χ4v) is 3.23. The van der Waals surface area contributed by atoms with Crippen LogP contribution in [-0.4, -0.2) is 45.9 Å². The second kappa shape index (κ2) is 8.05. The van der Waals surface area contributed by atoms with Crippen LogP contribution in [0.4, 0.5) is 5.82 Å². The number of hydrogen-bond donors (Lipinski definition) is 1. The maximum Gasteiger partial charge on any atom is 0.255 e. The number of carbonyl (C=O) groups excluding carboxylic acids is 1. The van der Waals surface area contributed by atoms with E-state index in [0.717, 1.165) is 56.0 Å². The number of aromatic nitrogens is 3. The summed E-state index contributed by atoms with van der Waals surface area (Å²) in [4.78, 5) is 27.7. The maximum atomic E-state index is 12.7. The molecule has 0 aliphatic carbocycles. The van der Waals surface area contributed by atoms with E-state index in [2.05, 4.69) is 20.3 Å². The first-order valence-corrected chi connectivity index (χ1v) is 8.86. The molecular formula is C19H25N5O. The summed E-state index contributed by atoms with van der Waals surface area (Å²) in [5.41, 5.74) is 2.63. The van der Waals surface area contributed by atoms with E-state index in [-0.39, 0.29) is 5.91 Å². The minimum atomic E-state index is 0.0892. The van der Waals surface area contributed by atoms with Crippen molar-refractivity contribution in [3.8, 4) is 0 Å². The average Bonchev–Trinajstić information content (AvgIpc) is 2.88. The van der Waals surface area contributed by atoms with Crippen LogP contribution in [0.15, 0.2) is 30.7 Å². The van der Waals surface area contributed by atoms with Gasteiger partial charge in [0.2, 0.25) is 0 Å². The lowest BCUT2D eigenvalue weighted by molar-refractivity contribution is 0.0759. The molecule has 1 saturated heterocycles. The zero-order valence-electron chi connectivity index (χ0n) is 14.9. The first-order chi connectivity index (χ1) is 12.2. The van der Waals surface area contributed by atoms with Crippen molar-refractivity contribution < 1.29 is 4.79 Å². The minimum absolute atomic E-state index is 0.0892. The Kier molecular flexibility index (Phi) is 5.58. The van der Waals surface area contributed by atoms with Gasteiger partial charge in [-0.2, -0.15) is 0 Å². The summed E-state index contributed by atoms with van der Waals surface area (Å²) >= 11 is 0. The van der Waals surface area contributed by atoms with Crippen molar-refractivity contribution in [1.29, 1.82) is 0 Å². The van der Waals surface area contributed by atoms with Crippen molar-refractivity contribution in [1.82, 2.24) is 19.9 Å². The summed E-state index contributed by atoms with van der Waals surface area (Å²) in [6.07, 6.45) is 9.36. The van der Waals surface area contributed by atoms with Gasteiger partial charge >= 0.3 is 0 Å². The predicted molar refractivity (Wildman–Crippen MR) is 97.5 cm³/mol. The van der Waals surface area contributed by atoms with E-state index in [9.17, 15) is 4.79 Å². The summed E-state index contributed by atoms with van der Waals surface area (Å²) < 4.78 is 0. The zero-order valence-corrected chi connectivity index (χ0v) is 14.9. The number of likely N-dealkylation sites (tertiary alicyclic amines) is 1. The van der Waals surface area contributed by atoms with Crippen molar-refractivity contribution in [2.45, 2.75) is 32.6 Å². The van der Waals surface area contributed by atoms with Gasteiger partial charge < -0.3 is 10.2 Å². The molecule has 0 radical (unpaired) electrons. The van der Waals surface area contributed by atoms with Gasteiger partial charge in [-0.3, -0.25) is 14.8 Å². The highest BCUT2D eigenvalue weighted by molar-refractivity contribution is 5.93. The van der Waals surface area contributed by atoms with Crippen molar-refractivity contribution in [3.05, 3.63) is 47.7 Å². The lowest BCUT2D eigenvalue weighted by atomic mass is 9.95. The van der Waals surface area contributed by atoms with Crippen molar-refractivity contribution in [3.63, 3.8) is 0 Å². The summed E-state index contributed by atoms with van der Waals surface area (Å²) in [5.74, 6) is 1.42. The quantitative estimate of drug-likeness (QED) is 0.927. The van der Waals surface area contributed by atoms with Gasteiger partial charge in [-0.15, -0.1) is 0 Å². The molecule has 3 heterocycles. The lowest BCUT2D eigenvalue weighted by Gasteiger charge is -2.20. The van der Waals surface area contributed by atoms with E-state index in [1.165, 1.54) is 0 Å². The lowest BCUT2D eigenvalue weighted by Crippen LogP contribution is -2.32. The van der Waals surface area contributed by atoms with Crippen molar-refractivity contribution in [2.24, 2.45) is 5.92 Å². The molecule has 2 aromatic rings. The predicted octanol–water partition coefficient (Wildman–Crippen LogP) is 2.71. The van der Waals surface area contributed by atoms with Crippen LogP contribution in [0, 0.1) is 12.8 Å². The molecule has 1 aliphatic heterocycles. The van der Waals surface area contributed by atoms with E-state index in [1.54, 1.807) is 12.4 Å². The standard InChI is InChI=1S/C19H25N5O/c1-14-5-6-16(11-21-14)19(25)24-8-3-4-15(7-9-24)10-17-12-23-18(20-2)13-22-17/h5-6,11-13,15H,3-4,7-10H2,1-2H3,(H,20,23). The van der Waals surface area contributed by atoms with Gasteiger partial charge in [0.25, 0.3) is 5.91 Å². The number of nitrogens with one attached hydrogen (secondary N) is 1. The molecule has 0 saturated carbocycles. The van der Waals surface area contributed by atoms with Crippen LogP contribution in [0.5, 0.6) is 0 Å². The highest BCUT2D eigenvalue weighted by Gasteiger charge is 2.22. The molecule has 1 N–H and O–H groups in total. The largest absolute Gasteiger partial charge is 0.372 e. The van der Waals surface area contributed by atoms with Gasteiger partial charge in [-0.05, 0) is 50.7 Å². The second-order valence-electron chi connectivity index (χ2n) is 6.62. The number of carbonyl (C=O) groups is 1. The number of nitrogens with zero attached hydrogens (tertiary/aromatic N) is 4. The molecule has 25 heavy (non-hydrogen) atoms. The van der Waals surface area contributed by atoms with Gasteiger partial charge in [-0.1, -0.05) is 0 Å². The molecule has 0 bridgehead atoms. The highest BCUT2D eigenvalue weighted by Crippen LogP contribution is 2.22. The van der Waals surface area contributed by atoms with E-state index >= 15 is 0 Å². The molecule has 6 heteroatoms. The van der Waals surface area contributed by atoms with E-state index < -0.39 is 0 Å². The maximum absolute atomic E-state index is 12.7. The van der Waals surface area contributed by atoms with E-state index in [0.29, 0.717) is 11.5 Å². The number of rotatable bonds is 4. The van der Waals surface area contributed by atoms with E-state index in [1.807, 2.05) is 37.2 Å². The molecule has 2 aromatic heterocycles. The van der Waals surface area contributed by atoms with Crippen LogP contribution in [0.2, 0.25) is 0 Å². The molecule has 0 spiro atoms. The monoisotopic (exact) mass is 339 g/mol. The van der Waals surface area contributed by atoms with Gasteiger partial charge in [0.05, 0.1) is 23.7 Å². The van der Waals surface area contributed by atoms with Gasteiger partial charge in [-0.25, -0.2) is 4.98 Å². The Labute approximate surface area is 148 Å². The third-order valence-electron chi connectivity index (χ3n) is 4.75. The number of aryl methyl sites for hydroxylation is 1. The Bertz CT molecular complexity index is 699. The Morgan fingerprint density at radius 1 is 1.16 bits per heavy atom. The summed E-state index contributed by atoms with van der Waals surface area (Å²) in [6.45, 7) is 3.53. The van der Waals surface area contributed by atoms with Crippen LogP contribution in [0.25, 0.3) is 0 Å². The fourth-order valence-electron chi connectivity index (χ4n) is 3.23. The minimum Gasteiger partial charge on any atom is -0.372 e. The molecule has 0 aromatic carbocycles. The van der Waals surface area contributed by atoms with Crippen LogP contribution >= 0.6 is 0 Å². The summed E-state index contributed by atoms with van der Waals surface area (Å²) in [7, 11) is 1.84. The Morgan fingerprint density at radius 3 is 2.72 bits per heavy atom. The molecule has 6 nitrogen and oxygen atoms in total. The highest BCUT2D eigenvalue weighted by atomic mass is 16.2. The number of anilines is 1. The normalized spacial score (nSPS) is 17.8. The van der Waals surface area contributed by atoms with Crippen molar-refractivity contribution >= 4 is 11.7 Å². The number of hydrogen-bond acceptors (Lipinski definition) is 5. The Morgan fingerprint density at radius 2 is 2.04 bits per heavy atom. The molecule has 3 rings (SSSR count). The van der Waals surface area contributed by atoms with Crippen LogP contribution in [0.3, 0.4) is 0 Å². The first kappa shape index (κ1) is 17.3. The number of amides is 1. The zero-order chi connectivity index (χ0) is 17.6. The molecular weight excluding hydrogens is 314 g/mol. The van der Waals surface area contributed by atoms with E-state index in [4.69, 9.17) is 0 Å². The van der Waals surface area contributed by atoms with Crippen LogP contribution in [-0.2, 0) is 6.42 Å².